The van der Waals surface area contributed by atoms with Gasteiger partial charge in [0.05, 0.1) is 12.6 Å². The van der Waals surface area contributed by atoms with Gasteiger partial charge in [-0.15, -0.1) is 6.42 Å². The van der Waals surface area contributed by atoms with Crippen LogP contribution < -0.4 is 0 Å². The topological polar surface area (TPSA) is 29.5 Å². The lowest BCUT2D eigenvalue weighted by Crippen LogP contribution is -2.49. The summed E-state index contributed by atoms with van der Waals surface area (Å²) >= 11 is 0. The molecule has 0 amide bonds. The van der Waals surface area contributed by atoms with Crippen LogP contribution in [0.4, 0.5) is 4.39 Å². The Labute approximate surface area is 89.6 Å². The number of methoxy groups -OCH3 is 1. The Kier molecular flexibility index (Phi) is 3.35. The Hall–Kier alpha value is -1.08. The van der Waals surface area contributed by atoms with Crippen LogP contribution in [0.25, 0.3) is 0 Å². The molecule has 15 heavy (non-hydrogen) atoms. The van der Waals surface area contributed by atoms with Crippen LogP contribution in [0.15, 0.2) is 0 Å². The Morgan fingerprint density at radius 3 is 2.73 bits per heavy atom. The molecule has 1 aliphatic heterocycles. The lowest BCUT2D eigenvalue weighted by molar-refractivity contribution is -0.147. The van der Waals surface area contributed by atoms with Gasteiger partial charge in [0.1, 0.15) is 12.2 Å². The van der Waals surface area contributed by atoms with E-state index in [1.807, 2.05) is 0 Å². The minimum Gasteiger partial charge on any atom is -0.468 e. The van der Waals surface area contributed by atoms with E-state index in [9.17, 15) is 9.18 Å². The maximum Gasteiger partial charge on any atom is 0.323 e. The first kappa shape index (κ1) is 12.0. The average molecular weight is 213 g/mol. The highest BCUT2D eigenvalue weighted by Gasteiger charge is 2.43. The first-order chi connectivity index (χ1) is 6.92. The fourth-order valence-corrected chi connectivity index (χ4v) is 1.84. The third-order valence-electron chi connectivity index (χ3n) is 2.79. The molecular weight excluding hydrogens is 197 g/mol. The molecule has 1 heterocycles. The van der Waals surface area contributed by atoms with Gasteiger partial charge in [0.25, 0.3) is 0 Å². The van der Waals surface area contributed by atoms with Crippen LogP contribution in [0.1, 0.15) is 20.3 Å². The van der Waals surface area contributed by atoms with Gasteiger partial charge in [0, 0.05) is 13.0 Å². The van der Waals surface area contributed by atoms with E-state index in [-0.39, 0.29) is 13.0 Å². The zero-order valence-corrected chi connectivity index (χ0v) is 9.29. The normalized spacial score (nSPS) is 27.4. The molecule has 0 aromatic rings. The third-order valence-corrected chi connectivity index (χ3v) is 2.79. The summed E-state index contributed by atoms with van der Waals surface area (Å²) in [7, 11) is 1.30. The first-order valence-corrected chi connectivity index (χ1v) is 4.88. The van der Waals surface area contributed by atoms with Gasteiger partial charge in [-0.2, -0.15) is 0 Å². The number of terminal acetylenes is 1. The van der Waals surface area contributed by atoms with Crippen LogP contribution in [0.5, 0.6) is 0 Å². The van der Waals surface area contributed by atoms with Crippen molar-refractivity contribution < 1.29 is 13.9 Å². The summed E-state index contributed by atoms with van der Waals surface area (Å²) in [5, 5.41) is 0. The molecule has 0 aromatic carbocycles. The molecule has 0 N–H and O–H groups in total. The molecule has 2 atom stereocenters. The molecule has 1 rings (SSSR count). The van der Waals surface area contributed by atoms with Crippen molar-refractivity contribution in [2.45, 2.75) is 38.0 Å². The second kappa shape index (κ2) is 4.19. The summed E-state index contributed by atoms with van der Waals surface area (Å²) in [6.07, 6.45) is 4.52. The minimum atomic E-state index is -1.01. The highest BCUT2D eigenvalue weighted by molar-refractivity contribution is 5.76. The zero-order chi connectivity index (χ0) is 11.6. The first-order valence-electron chi connectivity index (χ1n) is 4.88. The standard InChI is InChI=1S/C11H16FNO2/c1-5-11(2,3)13-7-8(12)6-9(13)10(14)15-4/h1,8-9H,6-7H2,2-4H3/t8-,9-/m0/s1. The van der Waals surface area contributed by atoms with Crippen LogP contribution in [-0.4, -0.2) is 42.3 Å². The van der Waals surface area contributed by atoms with E-state index in [4.69, 9.17) is 6.42 Å². The number of carbonyl (C=O) groups excluding carboxylic acids is 1. The summed E-state index contributed by atoms with van der Waals surface area (Å²) in [6, 6.07) is -0.559. The predicted octanol–water partition coefficient (Wildman–Crippen LogP) is 0.984. The van der Waals surface area contributed by atoms with E-state index < -0.39 is 23.7 Å². The summed E-state index contributed by atoms with van der Waals surface area (Å²) in [5.41, 5.74) is -0.625. The van der Waals surface area contributed by atoms with Crippen LogP contribution >= 0.6 is 0 Å². The van der Waals surface area contributed by atoms with Gasteiger partial charge in [0.2, 0.25) is 0 Å². The summed E-state index contributed by atoms with van der Waals surface area (Å²) in [6.45, 7) is 3.78. The van der Waals surface area contributed by atoms with Crippen LogP contribution in [0.3, 0.4) is 0 Å². The van der Waals surface area contributed by atoms with Gasteiger partial charge in [0.15, 0.2) is 0 Å². The molecule has 4 heteroatoms. The fourth-order valence-electron chi connectivity index (χ4n) is 1.84. The number of carbonyl (C=O) groups is 1. The van der Waals surface area contributed by atoms with E-state index in [1.165, 1.54) is 7.11 Å². The Bertz CT molecular complexity index is 295. The predicted molar refractivity (Wildman–Crippen MR) is 54.9 cm³/mol. The SMILES string of the molecule is C#CC(C)(C)N1C[C@@H](F)C[C@H]1C(=O)OC. The highest BCUT2D eigenvalue weighted by atomic mass is 19.1. The van der Waals surface area contributed by atoms with Crippen molar-refractivity contribution in [1.29, 1.82) is 0 Å². The van der Waals surface area contributed by atoms with Crippen molar-refractivity contribution in [3.8, 4) is 12.3 Å². The number of likely N-dealkylation sites (tertiary alicyclic amines) is 1. The molecule has 0 spiro atoms. The van der Waals surface area contributed by atoms with Gasteiger partial charge in [-0.1, -0.05) is 5.92 Å². The van der Waals surface area contributed by atoms with Crippen LogP contribution in [0, 0.1) is 12.3 Å². The van der Waals surface area contributed by atoms with E-state index in [0.717, 1.165) is 0 Å². The molecule has 0 unspecified atom stereocenters. The Balaban J connectivity index is 2.88. The molecule has 3 nitrogen and oxygen atoms in total. The maximum absolute atomic E-state index is 13.3. The molecule has 1 saturated heterocycles. The summed E-state index contributed by atoms with van der Waals surface area (Å²) < 4.78 is 17.9. The second-order valence-electron chi connectivity index (χ2n) is 4.23. The molecule has 0 saturated carbocycles. The Morgan fingerprint density at radius 1 is 1.67 bits per heavy atom. The summed E-state index contributed by atoms with van der Waals surface area (Å²) in [5.74, 6) is 2.15. The summed E-state index contributed by atoms with van der Waals surface area (Å²) in [4.78, 5) is 13.1. The lowest BCUT2D eigenvalue weighted by Gasteiger charge is -2.34. The average Bonchev–Trinajstić information content (AvgIpc) is 2.60. The number of hydrogen-bond acceptors (Lipinski definition) is 3. The van der Waals surface area contributed by atoms with Crippen molar-refractivity contribution in [2.75, 3.05) is 13.7 Å². The van der Waals surface area contributed by atoms with Crippen molar-refractivity contribution >= 4 is 5.97 Å². The Morgan fingerprint density at radius 2 is 2.27 bits per heavy atom. The molecule has 0 aliphatic carbocycles. The minimum absolute atomic E-state index is 0.164. The zero-order valence-electron chi connectivity index (χ0n) is 9.29. The van der Waals surface area contributed by atoms with Crippen molar-refractivity contribution in [3.63, 3.8) is 0 Å². The fraction of sp³-hybridized carbons (Fsp3) is 0.727. The number of esters is 1. The third kappa shape index (κ3) is 2.29. The second-order valence-corrected chi connectivity index (χ2v) is 4.23. The number of alkyl halides is 1. The van der Waals surface area contributed by atoms with Crippen molar-refractivity contribution in [2.24, 2.45) is 0 Å². The molecule has 0 bridgehead atoms. The van der Waals surface area contributed by atoms with Gasteiger partial charge in [-0.05, 0) is 13.8 Å². The number of halogens is 1. The smallest absolute Gasteiger partial charge is 0.323 e. The number of hydrogen-bond donors (Lipinski definition) is 0. The van der Waals surface area contributed by atoms with Gasteiger partial charge in [-0.25, -0.2) is 4.39 Å². The highest BCUT2D eigenvalue weighted by Crippen LogP contribution is 2.28. The molecule has 0 aromatic heterocycles. The van der Waals surface area contributed by atoms with Crippen LogP contribution in [-0.2, 0) is 9.53 Å². The van der Waals surface area contributed by atoms with Gasteiger partial charge >= 0.3 is 5.97 Å². The maximum atomic E-state index is 13.3. The van der Waals surface area contributed by atoms with Gasteiger partial charge < -0.3 is 4.74 Å². The monoisotopic (exact) mass is 213 g/mol. The van der Waals surface area contributed by atoms with E-state index in [1.54, 1.807) is 18.7 Å². The van der Waals surface area contributed by atoms with Gasteiger partial charge in [-0.3, -0.25) is 9.69 Å². The van der Waals surface area contributed by atoms with E-state index >= 15 is 0 Å². The molecule has 1 aliphatic rings. The van der Waals surface area contributed by atoms with Crippen molar-refractivity contribution in [3.05, 3.63) is 0 Å². The molecular formula is C11H16FNO2. The molecule has 84 valence electrons. The number of ether oxygens (including phenoxy) is 1. The van der Waals surface area contributed by atoms with E-state index in [2.05, 4.69) is 10.7 Å². The van der Waals surface area contributed by atoms with E-state index in [0.29, 0.717) is 0 Å². The number of nitrogens with zero attached hydrogens (tertiary/aromatic N) is 1. The largest absolute Gasteiger partial charge is 0.468 e. The lowest BCUT2D eigenvalue weighted by atomic mass is 10.0. The molecule has 1 fully saturated rings. The number of rotatable bonds is 2. The molecule has 0 radical (unpaired) electrons. The van der Waals surface area contributed by atoms with Crippen LogP contribution in [0.2, 0.25) is 0 Å². The van der Waals surface area contributed by atoms with Crippen molar-refractivity contribution in [1.82, 2.24) is 4.90 Å². The quantitative estimate of drug-likeness (QED) is 0.506.